The van der Waals surface area contributed by atoms with Gasteiger partial charge in [-0.05, 0) is 67.1 Å². The summed E-state index contributed by atoms with van der Waals surface area (Å²) in [5, 5.41) is 0.240. The van der Waals surface area contributed by atoms with Crippen LogP contribution in [0.3, 0.4) is 0 Å². The van der Waals surface area contributed by atoms with Crippen LogP contribution in [0.4, 0.5) is 4.39 Å². The maximum atomic E-state index is 13.5. The van der Waals surface area contributed by atoms with E-state index in [2.05, 4.69) is 47.7 Å². The van der Waals surface area contributed by atoms with Gasteiger partial charge in [-0.2, -0.15) is 0 Å². The lowest BCUT2D eigenvalue weighted by Gasteiger charge is -2.36. The lowest BCUT2D eigenvalue weighted by molar-refractivity contribution is 0.270. The van der Waals surface area contributed by atoms with Gasteiger partial charge < -0.3 is 4.43 Å². The number of aryl methyl sites for hydroxylation is 1. The monoisotopic (exact) mass is 310 g/mol. The summed E-state index contributed by atoms with van der Waals surface area (Å²) >= 11 is 0. The number of hydrogen-bond donors (Lipinski definition) is 0. The van der Waals surface area contributed by atoms with Crippen LogP contribution in [0.25, 0.3) is 0 Å². The van der Waals surface area contributed by atoms with Gasteiger partial charge in [-0.15, -0.1) is 0 Å². The van der Waals surface area contributed by atoms with Crippen molar-refractivity contribution in [2.75, 3.05) is 6.61 Å². The maximum absolute atomic E-state index is 13.5. The molecule has 3 heteroatoms. The van der Waals surface area contributed by atoms with E-state index >= 15 is 0 Å². The summed E-state index contributed by atoms with van der Waals surface area (Å²) in [4.78, 5) is 0. The Kier molecular flexibility index (Phi) is 6.18. The number of hydrogen-bond acceptors (Lipinski definition) is 1. The first-order valence-electron chi connectivity index (χ1n) is 7.98. The molecular formula is C18H31FOSi. The number of benzene rings is 1. The quantitative estimate of drug-likeness (QED) is 0.582. The van der Waals surface area contributed by atoms with Crippen molar-refractivity contribution in [2.45, 2.75) is 71.5 Å². The molecule has 0 saturated carbocycles. The van der Waals surface area contributed by atoms with E-state index in [1.165, 1.54) is 11.6 Å². The summed E-state index contributed by atoms with van der Waals surface area (Å²) in [5.41, 5.74) is 2.31. The third-order valence-corrected chi connectivity index (χ3v) is 9.45. The molecule has 0 heterocycles. The van der Waals surface area contributed by atoms with Crippen LogP contribution in [0, 0.1) is 12.7 Å². The fourth-order valence-corrected chi connectivity index (χ4v) is 3.36. The summed E-state index contributed by atoms with van der Waals surface area (Å²) in [6.45, 7) is 16.3. The molecule has 0 aliphatic rings. The van der Waals surface area contributed by atoms with Gasteiger partial charge in [0.1, 0.15) is 5.82 Å². The fourth-order valence-electron chi connectivity index (χ4n) is 2.30. The average Bonchev–Trinajstić information content (AvgIpc) is 2.36. The van der Waals surface area contributed by atoms with E-state index < -0.39 is 8.32 Å². The van der Waals surface area contributed by atoms with Crippen LogP contribution in [0.5, 0.6) is 0 Å². The first kappa shape index (κ1) is 18.4. The normalized spacial score (nSPS) is 14.3. The van der Waals surface area contributed by atoms with Gasteiger partial charge >= 0.3 is 0 Å². The third kappa shape index (κ3) is 4.92. The van der Waals surface area contributed by atoms with E-state index in [4.69, 9.17) is 4.43 Å². The molecule has 21 heavy (non-hydrogen) atoms. The Balaban J connectivity index is 2.70. The van der Waals surface area contributed by atoms with Crippen LogP contribution in [0.2, 0.25) is 18.1 Å². The zero-order valence-corrected chi connectivity index (χ0v) is 15.7. The van der Waals surface area contributed by atoms with Crippen molar-refractivity contribution in [2.24, 2.45) is 0 Å². The zero-order valence-electron chi connectivity index (χ0n) is 14.7. The maximum Gasteiger partial charge on any atom is 0.191 e. The molecule has 1 aromatic rings. The minimum Gasteiger partial charge on any atom is -0.417 e. The predicted molar refractivity (Wildman–Crippen MR) is 91.9 cm³/mol. The summed E-state index contributed by atoms with van der Waals surface area (Å²) < 4.78 is 19.8. The molecule has 0 fully saturated rings. The van der Waals surface area contributed by atoms with Crippen LogP contribution >= 0.6 is 0 Å². The molecule has 1 aromatic carbocycles. The Hall–Kier alpha value is -0.673. The van der Waals surface area contributed by atoms with Gasteiger partial charge in [0.25, 0.3) is 0 Å². The fraction of sp³-hybridized carbons (Fsp3) is 0.667. The van der Waals surface area contributed by atoms with Crippen LogP contribution in [-0.2, 0) is 4.43 Å². The molecule has 0 N–H and O–H groups in total. The molecule has 0 aromatic heterocycles. The lowest BCUT2D eigenvalue weighted by Crippen LogP contribution is -2.41. The van der Waals surface area contributed by atoms with E-state index in [1.807, 2.05) is 6.07 Å². The molecular weight excluding hydrogens is 279 g/mol. The van der Waals surface area contributed by atoms with Crippen molar-refractivity contribution >= 4 is 8.32 Å². The van der Waals surface area contributed by atoms with Crippen molar-refractivity contribution in [3.8, 4) is 0 Å². The second-order valence-corrected chi connectivity index (χ2v) is 12.3. The highest BCUT2D eigenvalue weighted by Crippen LogP contribution is 2.37. The van der Waals surface area contributed by atoms with E-state index in [0.717, 1.165) is 25.0 Å². The molecule has 1 atom stereocenters. The highest BCUT2D eigenvalue weighted by molar-refractivity contribution is 6.74. The number of halogens is 1. The lowest BCUT2D eigenvalue weighted by atomic mass is 9.90. The molecule has 120 valence electrons. The first-order chi connectivity index (χ1) is 9.58. The van der Waals surface area contributed by atoms with Crippen LogP contribution in [-0.4, -0.2) is 14.9 Å². The number of rotatable bonds is 6. The molecule has 0 amide bonds. The smallest absolute Gasteiger partial charge is 0.191 e. The average molecular weight is 311 g/mol. The van der Waals surface area contributed by atoms with Crippen LogP contribution in [0.1, 0.15) is 57.6 Å². The molecule has 0 saturated heterocycles. The molecule has 0 radical (unpaired) electrons. The summed E-state index contributed by atoms with van der Waals surface area (Å²) in [6, 6.07) is 5.11. The highest BCUT2D eigenvalue weighted by Gasteiger charge is 2.37. The summed E-state index contributed by atoms with van der Waals surface area (Å²) in [6.07, 6.45) is 1.98. The van der Waals surface area contributed by atoms with E-state index in [0.29, 0.717) is 5.92 Å². The van der Waals surface area contributed by atoms with Crippen molar-refractivity contribution in [1.29, 1.82) is 0 Å². The Morgan fingerprint density at radius 1 is 1.24 bits per heavy atom. The molecule has 1 unspecified atom stereocenters. The van der Waals surface area contributed by atoms with Crippen LogP contribution in [0.15, 0.2) is 18.2 Å². The van der Waals surface area contributed by atoms with E-state index in [1.54, 1.807) is 6.07 Å². The first-order valence-corrected chi connectivity index (χ1v) is 10.9. The molecule has 0 aliphatic carbocycles. The largest absolute Gasteiger partial charge is 0.417 e. The van der Waals surface area contributed by atoms with E-state index in [-0.39, 0.29) is 10.9 Å². The van der Waals surface area contributed by atoms with Gasteiger partial charge in [0, 0.05) is 6.61 Å². The van der Waals surface area contributed by atoms with Crippen molar-refractivity contribution in [3.63, 3.8) is 0 Å². The van der Waals surface area contributed by atoms with Gasteiger partial charge in [-0.1, -0.05) is 33.8 Å². The molecule has 1 rings (SSSR count). The van der Waals surface area contributed by atoms with Crippen LogP contribution < -0.4 is 0 Å². The van der Waals surface area contributed by atoms with Gasteiger partial charge in [0.05, 0.1) is 0 Å². The minimum atomic E-state index is -1.68. The topological polar surface area (TPSA) is 9.23 Å². The zero-order chi connectivity index (χ0) is 16.3. The minimum absolute atomic E-state index is 0.139. The second-order valence-electron chi connectivity index (χ2n) is 7.50. The van der Waals surface area contributed by atoms with Gasteiger partial charge in [0.2, 0.25) is 0 Å². The Morgan fingerprint density at radius 3 is 2.38 bits per heavy atom. The van der Waals surface area contributed by atoms with Gasteiger partial charge in [0.15, 0.2) is 8.32 Å². The van der Waals surface area contributed by atoms with Crippen molar-refractivity contribution in [1.82, 2.24) is 0 Å². The Bertz CT molecular complexity index is 463. The molecule has 0 aliphatic heterocycles. The van der Waals surface area contributed by atoms with Crippen molar-refractivity contribution in [3.05, 3.63) is 35.1 Å². The summed E-state index contributed by atoms with van der Waals surface area (Å²) in [5.74, 6) is 0.241. The molecule has 0 bridgehead atoms. The Morgan fingerprint density at radius 2 is 1.86 bits per heavy atom. The molecule has 0 spiro atoms. The standard InChI is InChI=1S/C18H31FOSi/c1-8-15(17-13-16(19)10-9-14(17)2)11-12-20-21(6,7)18(3,4)5/h9-10,13,15H,8,11-12H2,1-7H3. The SMILES string of the molecule is CCC(CCO[Si](C)(C)C(C)(C)C)c1cc(F)ccc1C. The van der Waals surface area contributed by atoms with Gasteiger partial charge in [-0.3, -0.25) is 0 Å². The molecule has 1 nitrogen and oxygen atoms in total. The van der Waals surface area contributed by atoms with E-state index in [9.17, 15) is 4.39 Å². The second kappa shape index (κ2) is 7.06. The third-order valence-electron chi connectivity index (χ3n) is 4.91. The highest BCUT2D eigenvalue weighted by atomic mass is 28.4. The Labute approximate surface area is 131 Å². The predicted octanol–water partition coefficient (Wildman–Crippen LogP) is 6.04. The summed E-state index contributed by atoms with van der Waals surface area (Å²) in [7, 11) is -1.68. The van der Waals surface area contributed by atoms with Gasteiger partial charge in [-0.25, -0.2) is 4.39 Å². The van der Waals surface area contributed by atoms with Crippen molar-refractivity contribution < 1.29 is 8.82 Å².